The van der Waals surface area contributed by atoms with E-state index in [1.54, 1.807) is 0 Å². The van der Waals surface area contributed by atoms with E-state index in [1.807, 2.05) is 30.3 Å². The molecule has 0 spiro atoms. The van der Waals surface area contributed by atoms with Crippen molar-refractivity contribution >= 4 is 23.1 Å². The minimum Gasteiger partial charge on any atom is -0.459 e. The van der Waals surface area contributed by atoms with Crippen molar-refractivity contribution in [3.8, 4) is 0 Å². The Morgan fingerprint density at radius 1 is 1.50 bits per heavy atom. The number of carbonyl (C=O) groups is 1. The van der Waals surface area contributed by atoms with Gasteiger partial charge in [0.05, 0.1) is 17.4 Å². The van der Waals surface area contributed by atoms with Gasteiger partial charge in [-0.2, -0.15) is 0 Å². The molecule has 0 amide bonds. The number of nitrogens with zero attached hydrogens (tertiary/aromatic N) is 2. The first-order valence-electron chi connectivity index (χ1n) is 5.40. The normalized spacial score (nSPS) is 10.9. The maximum Gasteiger partial charge on any atom is 0.303 e. The van der Waals surface area contributed by atoms with E-state index >= 15 is 0 Å². The zero-order valence-corrected chi connectivity index (χ0v) is 9.83. The maximum atomic E-state index is 10.8. The number of benzene rings is 1. The molecule has 0 aliphatic rings. The Morgan fingerprint density at radius 3 is 3.00 bits per heavy atom. The van der Waals surface area contributed by atoms with Gasteiger partial charge in [0, 0.05) is 17.9 Å². The van der Waals surface area contributed by atoms with Gasteiger partial charge in [-0.05, 0) is 12.1 Å². The van der Waals surface area contributed by atoms with E-state index in [1.165, 1.54) is 13.1 Å². The van der Waals surface area contributed by atoms with Gasteiger partial charge in [0.25, 0.3) is 0 Å². The molecule has 0 aliphatic heterocycles. The molecule has 0 atom stereocenters. The molecule has 0 saturated carbocycles. The van der Waals surface area contributed by atoms with Crippen molar-refractivity contribution in [2.24, 2.45) is 5.16 Å². The predicted octanol–water partition coefficient (Wildman–Crippen LogP) is 2.11. The molecule has 0 saturated heterocycles. The van der Waals surface area contributed by atoms with Crippen molar-refractivity contribution in [2.75, 3.05) is 0 Å². The van der Waals surface area contributed by atoms with Crippen LogP contribution in [0.3, 0.4) is 0 Å². The fraction of sp³-hybridized carbons (Fsp3) is 0.154. The average Bonchev–Trinajstić information content (AvgIpc) is 2.36. The van der Waals surface area contributed by atoms with E-state index in [4.69, 9.17) is 9.94 Å². The summed E-state index contributed by atoms with van der Waals surface area (Å²) in [6, 6.07) is 9.39. The van der Waals surface area contributed by atoms with E-state index in [0.717, 1.165) is 10.9 Å². The summed E-state index contributed by atoms with van der Waals surface area (Å²) < 4.78 is 4.92. The maximum absolute atomic E-state index is 10.8. The Kier molecular flexibility index (Phi) is 3.52. The van der Waals surface area contributed by atoms with Crippen LogP contribution in [0, 0.1) is 0 Å². The third-order valence-corrected chi connectivity index (χ3v) is 2.45. The Labute approximate surface area is 104 Å². The summed E-state index contributed by atoms with van der Waals surface area (Å²) >= 11 is 0. The highest BCUT2D eigenvalue weighted by atomic mass is 16.5. The monoisotopic (exact) mass is 244 g/mol. The van der Waals surface area contributed by atoms with Crippen LogP contribution in [0.25, 0.3) is 10.9 Å². The number of ether oxygens (including phenoxy) is 1. The van der Waals surface area contributed by atoms with Gasteiger partial charge in [0.15, 0.2) is 0 Å². The van der Waals surface area contributed by atoms with E-state index in [2.05, 4.69) is 10.1 Å². The number of fused-ring (bicyclic) bond motifs is 1. The third-order valence-electron chi connectivity index (χ3n) is 2.45. The summed E-state index contributed by atoms with van der Waals surface area (Å²) in [6.45, 7) is 1.39. The zero-order chi connectivity index (χ0) is 13.0. The fourth-order valence-corrected chi connectivity index (χ4v) is 1.63. The first-order chi connectivity index (χ1) is 8.70. The van der Waals surface area contributed by atoms with E-state index in [-0.39, 0.29) is 12.6 Å². The van der Waals surface area contributed by atoms with Gasteiger partial charge in [0.2, 0.25) is 0 Å². The second-order valence-electron chi connectivity index (χ2n) is 3.74. The lowest BCUT2D eigenvalue weighted by atomic mass is 10.1. The highest BCUT2D eigenvalue weighted by Crippen LogP contribution is 2.16. The molecule has 1 heterocycles. The number of para-hydroxylation sites is 1. The van der Waals surface area contributed by atoms with Crippen molar-refractivity contribution in [2.45, 2.75) is 13.5 Å². The van der Waals surface area contributed by atoms with Crippen LogP contribution in [0.2, 0.25) is 0 Å². The van der Waals surface area contributed by atoms with Crippen LogP contribution in [-0.2, 0) is 16.1 Å². The number of hydrogen-bond acceptors (Lipinski definition) is 5. The molecule has 0 radical (unpaired) electrons. The number of hydrogen-bond donors (Lipinski definition) is 1. The Morgan fingerprint density at radius 2 is 2.28 bits per heavy atom. The van der Waals surface area contributed by atoms with E-state index in [0.29, 0.717) is 11.3 Å². The summed E-state index contributed by atoms with van der Waals surface area (Å²) in [5, 5.41) is 12.6. The highest BCUT2D eigenvalue weighted by Gasteiger charge is 2.07. The summed E-state index contributed by atoms with van der Waals surface area (Å²) in [6.07, 6.45) is 1.28. The lowest BCUT2D eigenvalue weighted by Gasteiger charge is -2.07. The van der Waals surface area contributed by atoms with Crippen LogP contribution in [0.4, 0.5) is 0 Å². The lowest BCUT2D eigenvalue weighted by molar-refractivity contribution is -0.142. The molecule has 1 N–H and O–H groups in total. The Bertz CT molecular complexity index is 608. The zero-order valence-electron chi connectivity index (χ0n) is 9.83. The molecule has 2 rings (SSSR count). The molecule has 0 aliphatic carbocycles. The summed E-state index contributed by atoms with van der Waals surface area (Å²) in [5.41, 5.74) is 1.98. The van der Waals surface area contributed by atoms with Gasteiger partial charge in [-0.25, -0.2) is 4.98 Å². The largest absolute Gasteiger partial charge is 0.459 e. The first-order valence-corrected chi connectivity index (χ1v) is 5.40. The molecule has 1 aromatic carbocycles. The first kappa shape index (κ1) is 12.0. The molecule has 2 aromatic rings. The molecule has 0 unspecified atom stereocenters. The minimum atomic E-state index is -0.378. The highest BCUT2D eigenvalue weighted by molar-refractivity contribution is 5.89. The molecule has 5 heteroatoms. The predicted molar refractivity (Wildman–Crippen MR) is 66.6 cm³/mol. The third kappa shape index (κ3) is 2.63. The van der Waals surface area contributed by atoms with Gasteiger partial charge >= 0.3 is 5.97 Å². The standard InChI is InChI=1S/C13H12N2O3/c1-9(16)18-8-13-11(7-14-17)6-10-4-2-3-5-12(10)15-13/h2-7,17H,8H2,1H3/b14-7+. The van der Waals surface area contributed by atoms with Gasteiger partial charge in [-0.1, -0.05) is 23.4 Å². The van der Waals surface area contributed by atoms with Crippen molar-refractivity contribution in [3.05, 3.63) is 41.6 Å². The van der Waals surface area contributed by atoms with Gasteiger partial charge in [-0.15, -0.1) is 0 Å². The quantitative estimate of drug-likeness (QED) is 0.388. The van der Waals surface area contributed by atoms with E-state index < -0.39 is 0 Å². The van der Waals surface area contributed by atoms with Crippen LogP contribution < -0.4 is 0 Å². The lowest BCUT2D eigenvalue weighted by Crippen LogP contribution is -2.04. The molecule has 5 nitrogen and oxygen atoms in total. The molecule has 0 bridgehead atoms. The Hall–Kier alpha value is -2.43. The van der Waals surface area contributed by atoms with Crippen LogP contribution in [0.1, 0.15) is 18.2 Å². The number of carbonyl (C=O) groups excluding carboxylic acids is 1. The summed E-state index contributed by atoms with van der Waals surface area (Å²) in [4.78, 5) is 15.2. The van der Waals surface area contributed by atoms with Gasteiger partial charge in [0.1, 0.15) is 6.61 Å². The minimum absolute atomic E-state index is 0.0571. The number of esters is 1. The topological polar surface area (TPSA) is 71.8 Å². The van der Waals surface area contributed by atoms with Crippen LogP contribution in [-0.4, -0.2) is 22.4 Å². The molecule has 18 heavy (non-hydrogen) atoms. The van der Waals surface area contributed by atoms with E-state index in [9.17, 15) is 4.79 Å². The Balaban J connectivity index is 2.47. The molecular formula is C13H12N2O3. The number of oxime groups is 1. The second-order valence-corrected chi connectivity index (χ2v) is 3.74. The number of pyridine rings is 1. The van der Waals surface area contributed by atoms with Crippen molar-refractivity contribution in [1.29, 1.82) is 0 Å². The SMILES string of the molecule is CC(=O)OCc1nc2ccccc2cc1/C=N/O. The van der Waals surface area contributed by atoms with Crippen LogP contribution >= 0.6 is 0 Å². The molecule has 0 fully saturated rings. The summed E-state index contributed by atoms with van der Waals surface area (Å²) in [5.74, 6) is -0.378. The number of aromatic nitrogens is 1. The fourth-order valence-electron chi connectivity index (χ4n) is 1.63. The van der Waals surface area contributed by atoms with Crippen LogP contribution in [0.5, 0.6) is 0 Å². The van der Waals surface area contributed by atoms with Gasteiger partial charge < -0.3 is 9.94 Å². The summed E-state index contributed by atoms with van der Waals surface area (Å²) in [7, 11) is 0. The van der Waals surface area contributed by atoms with Crippen molar-refractivity contribution in [3.63, 3.8) is 0 Å². The number of rotatable bonds is 3. The smallest absolute Gasteiger partial charge is 0.303 e. The molecule has 1 aromatic heterocycles. The van der Waals surface area contributed by atoms with Crippen LogP contribution in [0.15, 0.2) is 35.5 Å². The van der Waals surface area contributed by atoms with Crippen molar-refractivity contribution < 1.29 is 14.7 Å². The molecular weight excluding hydrogens is 232 g/mol. The molecule has 92 valence electrons. The average molecular weight is 244 g/mol. The van der Waals surface area contributed by atoms with Crippen molar-refractivity contribution in [1.82, 2.24) is 4.98 Å². The second kappa shape index (κ2) is 5.27. The van der Waals surface area contributed by atoms with Gasteiger partial charge in [-0.3, -0.25) is 4.79 Å².